The van der Waals surface area contributed by atoms with Crippen molar-refractivity contribution in [3.05, 3.63) is 48.3 Å². The number of carbonyl (C=O) groups excluding carboxylic acids is 1. The summed E-state index contributed by atoms with van der Waals surface area (Å²) in [5.41, 5.74) is 0.999. The quantitative estimate of drug-likeness (QED) is 0.250. The lowest BCUT2D eigenvalue weighted by molar-refractivity contribution is -0.141. The summed E-state index contributed by atoms with van der Waals surface area (Å²) < 4.78 is 17.7. The van der Waals surface area contributed by atoms with Crippen LogP contribution in [0.2, 0.25) is 0 Å². The Balaban J connectivity index is 2.85. The van der Waals surface area contributed by atoms with E-state index in [2.05, 4.69) is 11.7 Å². The molecule has 0 aliphatic carbocycles. The minimum Gasteiger partial charge on any atom is -0.466 e. The van der Waals surface area contributed by atoms with Gasteiger partial charge in [0.25, 0.3) is 0 Å². The first-order valence-electron chi connectivity index (χ1n) is 5.88. The summed E-state index contributed by atoms with van der Waals surface area (Å²) in [5.74, 6) is -0.765. The maximum atomic E-state index is 12.9. The van der Waals surface area contributed by atoms with E-state index in [1.165, 1.54) is 30.3 Å². The predicted octanol–water partition coefficient (Wildman–Crippen LogP) is 2.69. The number of benzene rings is 1. The number of ether oxygens (including phenoxy) is 1. The van der Waals surface area contributed by atoms with Crippen molar-refractivity contribution in [1.29, 1.82) is 0 Å². The monoisotopic (exact) mass is 265 g/mol. The highest BCUT2D eigenvalue weighted by Gasteiger charge is 2.12. The van der Waals surface area contributed by atoms with Crippen LogP contribution in [0.5, 0.6) is 0 Å². The summed E-state index contributed by atoms with van der Waals surface area (Å²) in [6.07, 6.45) is 1.51. The maximum Gasteiger partial charge on any atom is 0.312 e. The summed E-state index contributed by atoms with van der Waals surface area (Å²) >= 11 is 0. The number of halogens is 1. The molecule has 19 heavy (non-hydrogen) atoms. The molecule has 102 valence electrons. The number of oxime groups is 1. The minimum atomic E-state index is -0.409. The first-order chi connectivity index (χ1) is 9.17. The predicted molar refractivity (Wildman–Crippen MR) is 70.3 cm³/mol. The fourth-order valence-electron chi connectivity index (χ4n) is 1.35. The Kier molecular flexibility index (Phi) is 6.29. The molecule has 1 aromatic carbocycles. The Morgan fingerprint density at radius 1 is 1.42 bits per heavy atom. The lowest BCUT2D eigenvalue weighted by Gasteiger charge is -2.06. The normalized spacial score (nSPS) is 10.9. The van der Waals surface area contributed by atoms with Gasteiger partial charge < -0.3 is 9.57 Å². The maximum absolute atomic E-state index is 12.9. The van der Waals surface area contributed by atoms with E-state index in [0.717, 1.165) is 0 Å². The largest absolute Gasteiger partial charge is 0.466 e. The van der Waals surface area contributed by atoms with Gasteiger partial charge in [0.1, 0.15) is 12.4 Å². The van der Waals surface area contributed by atoms with Crippen LogP contribution < -0.4 is 0 Å². The van der Waals surface area contributed by atoms with E-state index >= 15 is 0 Å². The molecule has 0 radical (unpaired) electrons. The fourth-order valence-corrected chi connectivity index (χ4v) is 1.35. The van der Waals surface area contributed by atoms with Gasteiger partial charge in [0.2, 0.25) is 0 Å². The van der Waals surface area contributed by atoms with Crippen LogP contribution in [0.25, 0.3) is 0 Å². The van der Waals surface area contributed by atoms with Crippen LogP contribution in [0.15, 0.2) is 42.1 Å². The lowest BCUT2D eigenvalue weighted by atomic mass is 10.1. The van der Waals surface area contributed by atoms with E-state index in [4.69, 9.17) is 9.57 Å². The van der Waals surface area contributed by atoms with Crippen LogP contribution in [0.4, 0.5) is 4.39 Å². The molecule has 0 unspecified atom stereocenters. The molecule has 0 heterocycles. The average molecular weight is 265 g/mol. The first-order valence-corrected chi connectivity index (χ1v) is 5.88. The van der Waals surface area contributed by atoms with Crippen molar-refractivity contribution in [2.45, 2.75) is 13.3 Å². The number of carbonyl (C=O) groups is 1. The summed E-state index contributed by atoms with van der Waals surface area (Å²) in [7, 11) is 0. The van der Waals surface area contributed by atoms with Gasteiger partial charge in [-0.3, -0.25) is 4.79 Å². The number of hydrogen-bond acceptors (Lipinski definition) is 4. The molecular formula is C14H16FNO3. The van der Waals surface area contributed by atoms with Gasteiger partial charge in [0.15, 0.2) is 0 Å². The van der Waals surface area contributed by atoms with Crippen LogP contribution in [0.1, 0.15) is 18.9 Å². The van der Waals surface area contributed by atoms with Gasteiger partial charge >= 0.3 is 5.97 Å². The highest BCUT2D eigenvalue weighted by molar-refractivity contribution is 6.09. The molecule has 0 bridgehead atoms. The third-order valence-electron chi connectivity index (χ3n) is 2.16. The smallest absolute Gasteiger partial charge is 0.312 e. The Bertz CT molecular complexity index is 454. The zero-order chi connectivity index (χ0) is 14.1. The summed E-state index contributed by atoms with van der Waals surface area (Å²) in [6, 6.07) is 5.66. The van der Waals surface area contributed by atoms with Crippen molar-refractivity contribution in [2.75, 3.05) is 13.2 Å². The molecule has 0 saturated carbocycles. The van der Waals surface area contributed by atoms with Crippen molar-refractivity contribution < 1.29 is 18.8 Å². The molecule has 0 aliphatic rings. The summed E-state index contributed by atoms with van der Waals surface area (Å²) in [4.78, 5) is 16.5. The fraction of sp³-hybridized carbons (Fsp3) is 0.286. The van der Waals surface area contributed by atoms with Crippen LogP contribution in [-0.2, 0) is 14.4 Å². The van der Waals surface area contributed by atoms with Gasteiger partial charge in [0.05, 0.1) is 18.7 Å². The Morgan fingerprint density at radius 3 is 2.68 bits per heavy atom. The van der Waals surface area contributed by atoms with Gasteiger partial charge in [-0.2, -0.15) is 0 Å². The zero-order valence-corrected chi connectivity index (χ0v) is 10.8. The molecule has 1 aromatic rings. The zero-order valence-electron chi connectivity index (χ0n) is 10.8. The van der Waals surface area contributed by atoms with Crippen molar-refractivity contribution >= 4 is 11.7 Å². The van der Waals surface area contributed by atoms with E-state index in [1.54, 1.807) is 6.92 Å². The molecule has 0 atom stereocenters. The van der Waals surface area contributed by atoms with E-state index in [9.17, 15) is 9.18 Å². The number of esters is 1. The molecule has 4 nitrogen and oxygen atoms in total. The first kappa shape index (κ1) is 14.9. The third-order valence-corrected chi connectivity index (χ3v) is 2.16. The number of hydrogen-bond donors (Lipinski definition) is 0. The molecule has 0 spiro atoms. The van der Waals surface area contributed by atoms with Gasteiger partial charge in [-0.15, -0.1) is 0 Å². The minimum absolute atomic E-state index is 0.0311. The molecule has 0 fully saturated rings. The van der Waals surface area contributed by atoms with Gasteiger partial charge in [0, 0.05) is 5.56 Å². The lowest BCUT2D eigenvalue weighted by Crippen LogP contribution is -2.13. The van der Waals surface area contributed by atoms with Crippen molar-refractivity contribution in [2.24, 2.45) is 5.16 Å². The molecular weight excluding hydrogens is 249 g/mol. The number of rotatable bonds is 7. The molecule has 0 amide bonds. The van der Waals surface area contributed by atoms with Crippen LogP contribution in [0.3, 0.4) is 0 Å². The van der Waals surface area contributed by atoms with Gasteiger partial charge in [-0.25, -0.2) is 4.39 Å². The molecule has 0 aromatic heterocycles. The Labute approximate surface area is 111 Å². The van der Waals surface area contributed by atoms with Crippen molar-refractivity contribution in [1.82, 2.24) is 0 Å². The highest BCUT2D eigenvalue weighted by atomic mass is 19.1. The number of nitrogens with zero attached hydrogens (tertiary/aromatic N) is 1. The van der Waals surface area contributed by atoms with Crippen LogP contribution in [0, 0.1) is 5.82 Å². The molecule has 1 rings (SSSR count). The van der Waals surface area contributed by atoms with Crippen LogP contribution in [-0.4, -0.2) is 24.9 Å². The topological polar surface area (TPSA) is 47.9 Å². The van der Waals surface area contributed by atoms with Crippen molar-refractivity contribution in [3.8, 4) is 0 Å². The SMILES string of the molecule is C=CCO/N=C(\CC(=O)OCC)c1ccc(F)cc1. The van der Waals surface area contributed by atoms with Crippen LogP contribution >= 0.6 is 0 Å². The van der Waals surface area contributed by atoms with Gasteiger partial charge in [-0.1, -0.05) is 29.9 Å². The third kappa shape index (κ3) is 5.33. The molecule has 5 heteroatoms. The van der Waals surface area contributed by atoms with E-state index in [1.807, 2.05) is 0 Å². The molecule has 0 saturated heterocycles. The van der Waals surface area contributed by atoms with Gasteiger partial charge in [-0.05, 0) is 19.1 Å². The molecule has 0 N–H and O–H groups in total. The second-order valence-electron chi connectivity index (χ2n) is 3.61. The summed E-state index contributed by atoms with van der Waals surface area (Å²) in [6.45, 7) is 5.74. The second-order valence-corrected chi connectivity index (χ2v) is 3.61. The summed E-state index contributed by atoms with van der Waals surface area (Å²) in [5, 5.41) is 3.86. The van der Waals surface area contributed by atoms with Crippen molar-refractivity contribution in [3.63, 3.8) is 0 Å². The Morgan fingerprint density at radius 2 is 2.11 bits per heavy atom. The standard InChI is InChI=1S/C14H16FNO3/c1-3-9-19-16-13(10-14(17)18-4-2)11-5-7-12(15)8-6-11/h3,5-8H,1,4,9-10H2,2H3/b16-13+. The second kappa shape index (κ2) is 8.02. The van der Waals surface area contributed by atoms with E-state index in [-0.39, 0.29) is 18.8 Å². The highest BCUT2D eigenvalue weighted by Crippen LogP contribution is 2.08. The Hall–Kier alpha value is -2.17. The van der Waals surface area contributed by atoms with E-state index in [0.29, 0.717) is 17.9 Å². The van der Waals surface area contributed by atoms with E-state index < -0.39 is 5.97 Å². The average Bonchev–Trinajstić information content (AvgIpc) is 2.39. The molecule has 0 aliphatic heterocycles.